The summed E-state index contributed by atoms with van der Waals surface area (Å²) in [5.41, 5.74) is 2.44. The van der Waals surface area contributed by atoms with Gasteiger partial charge in [-0.3, -0.25) is 11.3 Å². The first-order chi connectivity index (χ1) is 8.63. The molecule has 1 aromatic rings. The molecule has 0 radical (unpaired) electrons. The molecule has 1 saturated heterocycles. The van der Waals surface area contributed by atoms with Crippen molar-refractivity contribution in [1.82, 2.24) is 5.43 Å². The zero-order valence-corrected chi connectivity index (χ0v) is 9.76. The maximum absolute atomic E-state index is 13.6. The molecule has 3 nitrogen and oxygen atoms in total. The van der Waals surface area contributed by atoms with Gasteiger partial charge in [0.2, 0.25) is 0 Å². The molecule has 1 heterocycles. The van der Waals surface area contributed by atoms with Crippen LogP contribution in [0.2, 0.25) is 0 Å². The molecule has 1 aliphatic heterocycles. The van der Waals surface area contributed by atoms with Gasteiger partial charge < -0.3 is 4.74 Å². The third-order valence-electron chi connectivity index (χ3n) is 3.16. The SMILES string of the molecule is NNC(CC1CCCO1)c1ccc(F)c(F)c1F. The number of benzene rings is 1. The lowest BCUT2D eigenvalue weighted by Gasteiger charge is -2.20. The molecule has 6 heteroatoms. The second-order valence-corrected chi connectivity index (χ2v) is 4.35. The van der Waals surface area contributed by atoms with Crippen LogP contribution >= 0.6 is 0 Å². The largest absolute Gasteiger partial charge is 0.378 e. The Kier molecular flexibility index (Phi) is 4.21. The Labute approximate surface area is 103 Å². The van der Waals surface area contributed by atoms with E-state index >= 15 is 0 Å². The van der Waals surface area contributed by atoms with Crippen LogP contribution in [0.3, 0.4) is 0 Å². The number of hydrazine groups is 1. The van der Waals surface area contributed by atoms with Crippen molar-refractivity contribution in [3.05, 3.63) is 35.1 Å². The molecule has 0 aromatic heterocycles. The number of hydrogen-bond donors (Lipinski definition) is 2. The van der Waals surface area contributed by atoms with Crippen molar-refractivity contribution in [2.45, 2.75) is 31.4 Å². The van der Waals surface area contributed by atoms with E-state index in [-0.39, 0.29) is 11.7 Å². The fourth-order valence-corrected chi connectivity index (χ4v) is 2.19. The van der Waals surface area contributed by atoms with Gasteiger partial charge in [-0.1, -0.05) is 6.07 Å². The van der Waals surface area contributed by atoms with Crippen molar-refractivity contribution in [2.75, 3.05) is 6.61 Å². The number of halogens is 3. The van der Waals surface area contributed by atoms with Crippen LogP contribution in [0.15, 0.2) is 12.1 Å². The monoisotopic (exact) mass is 260 g/mol. The van der Waals surface area contributed by atoms with Crippen LogP contribution in [-0.4, -0.2) is 12.7 Å². The molecule has 3 N–H and O–H groups in total. The molecule has 0 aliphatic carbocycles. The molecular weight excluding hydrogens is 245 g/mol. The highest BCUT2D eigenvalue weighted by atomic mass is 19.2. The smallest absolute Gasteiger partial charge is 0.194 e. The van der Waals surface area contributed by atoms with Crippen LogP contribution in [0.4, 0.5) is 13.2 Å². The fourth-order valence-electron chi connectivity index (χ4n) is 2.19. The molecule has 2 unspecified atom stereocenters. The van der Waals surface area contributed by atoms with Crippen LogP contribution in [0.5, 0.6) is 0 Å². The quantitative estimate of drug-likeness (QED) is 0.495. The summed E-state index contributed by atoms with van der Waals surface area (Å²) in [7, 11) is 0. The van der Waals surface area contributed by atoms with E-state index in [1.807, 2.05) is 0 Å². The van der Waals surface area contributed by atoms with Crippen LogP contribution in [0, 0.1) is 17.5 Å². The number of hydrogen-bond acceptors (Lipinski definition) is 3. The number of nitrogens with two attached hydrogens (primary N) is 1. The normalized spacial score (nSPS) is 21.2. The van der Waals surface area contributed by atoms with Gasteiger partial charge in [-0.05, 0) is 25.3 Å². The van der Waals surface area contributed by atoms with Crippen molar-refractivity contribution in [3.8, 4) is 0 Å². The molecular formula is C12H15F3N2O. The van der Waals surface area contributed by atoms with E-state index in [0.717, 1.165) is 18.9 Å². The summed E-state index contributed by atoms with van der Waals surface area (Å²) in [4.78, 5) is 0. The second kappa shape index (κ2) is 5.69. The van der Waals surface area contributed by atoms with E-state index < -0.39 is 23.5 Å². The van der Waals surface area contributed by atoms with Crippen molar-refractivity contribution < 1.29 is 17.9 Å². The minimum absolute atomic E-state index is 0.0203. The average Bonchev–Trinajstić information content (AvgIpc) is 2.87. The van der Waals surface area contributed by atoms with Crippen molar-refractivity contribution >= 4 is 0 Å². The van der Waals surface area contributed by atoms with Crippen molar-refractivity contribution in [1.29, 1.82) is 0 Å². The number of rotatable bonds is 4. The molecule has 1 aliphatic rings. The lowest BCUT2D eigenvalue weighted by Crippen LogP contribution is -2.31. The third-order valence-corrected chi connectivity index (χ3v) is 3.16. The van der Waals surface area contributed by atoms with Crippen molar-refractivity contribution in [3.63, 3.8) is 0 Å². The van der Waals surface area contributed by atoms with E-state index in [1.54, 1.807) is 0 Å². The van der Waals surface area contributed by atoms with E-state index in [9.17, 15) is 13.2 Å². The van der Waals surface area contributed by atoms with Crippen LogP contribution in [0.1, 0.15) is 30.9 Å². The lowest BCUT2D eigenvalue weighted by atomic mass is 9.99. The van der Waals surface area contributed by atoms with Gasteiger partial charge in [0.15, 0.2) is 17.5 Å². The standard InChI is InChI=1S/C12H15F3N2O/c13-9-4-3-8(11(14)12(9)15)10(17-16)6-7-2-1-5-18-7/h3-4,7,10,17H,1-2,5-6,16H2. The molecule has 100 valence electrons. The zero-order valence-electron chi connectivity index (χ0n) is 9.76. The average molecular weight is 260 g/mol. The molecule has 2 rings (SSSR count). The summed E-state index contributed by atoms with van der Waals surface area (Å²) in [5, 5.41) is 0. The Hall–Kier alpha value is -1.11. The number of nitrogens with one attached hydrogen (secondary N) is 1. The van der Waals surface area contributed by atoms with E-state index in [1.165, 1.54) is 6.07 Å². The Morgan fingerprint density at radius 2 is 2.11 bits per heavy atom. The topological polar surface area (TPSA) is 47.3 Å². The predicted molar refractivity (Wildman–Crippen MR) is 60.0 cm³/mol. The summed E-state index contributed by atoms with van der Waals surface area (Å²) in [6.45, 7) is 0.669. The highest BCUT2D eigenvalue weighted by molar-refractivity contribution is 5.23. The summed E-state index contributed by atoms with van der Waals surface area (Å²) in [5.74, 6) is 1.48. The maximum Gasteiger partial charge on any atom is 0.194 e. The summed E-state index contributed by atoms with van der Waals surface area (Å²) in [6.07, 6.45) is 2.21. The van der Waals surface area contributed by atoms with E-state index in [4.69, 9.17) is 10.6 Å². The molecule has 0 saturated carbocycles. The van der Waals surface area contributed by atoms with Crippen LogP contribution in [0.25, 0.3) is 0 Å². The maximum atomic E-state index is 13.6. The Morgan fingerprint density at radius 3 is 2.72 bits per heavy atom. The van der Waals surface area contributed by atoms with Gasteiger partial charge in [0, 0.05) is 12.2 Å². The van der Waals surface area contributed by atoms with Crippen LogP contribution in [-0.2, 0) is 4.74 Å². The van der Waals surface area contributed by atoms with E-state index in [0.29, 0.717) is 13.0 Å². The van der Waals surface area contributed by atoms with E-state index in [2.05, 4.69) is 5.43 Å². The van der Waals surface area contributed by atoms with Gasteiger partial charge in [-0.25, -0.2) is 13.2 Å². The molecule has 18 heavy (non-hydrogen) atoms. The highest BCUT2D eigenvalue weighted by Gasteiger charge is 2.25. The molecule has 2 atom stereocenters. The first kappa shape index (κ1) is 13.3. The second-order valence-electron chi connectivity index (χ2n) is 4.35. The van der Waals surface area contributed by atoms with Gasteiger partial charge in [0.25, 0.3) is 0 Å². The van der Waals surface area contributed by atoms with Gasteiger partial charge >= 0.3 is 0 Å². The number of ether oxygens (including phenoxy) is 1. The first-order valence-corrected chi connectivity index (χ1v) is 5.84. The summed E-state index contributed by atoms with van der Waals surface area (Å²) < 4.78 is 45.0. The molecule has 0 spiro atoms. The fraction of sp³-hybridized carbons (Fsp3) is 0.500. The lowest BCUT2D eigenvalue weighted by molar-refractivity contribution is 0.0941. The minimum atomic E-state index is -1.47. The summed E-state index contributed by atoms with van der Waals surface area (Å²) in [6, 6.07) is 1.50. The molecule has 1 fully saturated rings. The van der Waals surface area contributed by atoms with Crippen LogP contribution < -0.4 is 11.3 Å². The van der Waals surface area contributed by atoms with Gasteiger partial charge in [-0.2, -0.15) is 0 Å². The zero-order chi connectivity index (χ0) is 13.1. The predicted octanol–water partition coefficient (Wildman–Crippen LogP) is 2.18. The van der Waals surface area contributed by atoms with Gasteiger partial charge in [0.05, 0.1) is 12.1 Å². The molecule has 0 amide bonds. The molecule has 1 aromatic carbocycles. The Balaban J connectivity index is 2.18. The Bertz CT molecular complexity index is 422. The highest BCUT2D eigenvalue weighted by Crippen LogP contribution is 2.27. The Morgan fingerprint density at radius 1 is 1.33 bits per heavy atom. The van der Waals surface area contributed by atoms with Gasteiger partial charge in [-0.15, -0.1) is 0 Å². The van der Waals surface area contributed by atoms with Gasteiger partial charge in [0.1, 0.15) is 0 Å². The minimum Gasteiger partial charge on any atom is -0.378 e. The first-order valence-electron chi connectivity index (χ1n) is 5.84. The summed E-state index contributed by atoms with van der Waals surface area (Å²) >= 11 is 0. The molecule has 0 bridgehead atoms. The third kappa shape index (κ3) is 2.66. The van der Waals surface area contributed by atoms with Crippen molar-refractivity contribution in [2.24, 2.45) is 5.84 Å².